The van der Waals surface area contributed by atoms with Crippen molar-refractivity contribution in [3.8, 4) is 5.75 Å². The Hall–Kier alpha value is -3.80. The predicted octanol–water partition coefficient (Wildman–Crippen LogP) is 0.314. The smallest absolute Gasteiger partial charge is 0.312 e. The number of amides is 4. The minimum Gasteiger partial charge on any atom is -0.497 e. The summed E-state index contributed by atoms with van der Waals surface area (Å²) >= 11 is 0. The molecule has 0 aliphatic carbocycles. The van der Waals surface area contributed by atoms with Gasteiger partial charge in [-0.15, -0.1) is 0 Å². The van der Waals surface area contributed by atoms with Crippen molar-refractivity contribution in [3.63, 3.8) is 0 Å². The van der Waals surface area contributed by atoms with E-state index in [9.17, 15) is 22.8 Å². The van der Waals surface area contributed by atoms with E-state index < -0.39 is 33.9 Å². The van der Waals surface area contributed by atoms with Crippen molar-refractivity contribution >= 4 is 33.6 Å². The van der Waals surface area contributed by atoms with Gasteiger partial charge in [0, 0.05) is 11.3 Å². The fourth-order valence-electron chi connectivity index (χ4n) is 2.26. The van der Waals surface area contributed by atoms with Gasteiger partial charge < -0.3 is 15.8 Å². The third-order valence-electron chi connectivity index (χ3n) is 3.80. The standard InChI is InChI=1S/C18H21N5O6S/c1-11(20-18(19)26)16(24)21-22-17(25)12-4-3-5-15(10-12)30(27,28)23-13-6-8-14(29-2)9-7-13/h3-11,23H,1-2H3,(H,21,24)(H,22,25)(H3,19,20,26). The van der Waals surface area contributed by atoms with E-state index in [2.05, 4.69) is 20.9 Å². The molecule has 2 aromatic carbocycles. The van der Waals surface area contributed by atoms with Gasteiger partial charge in [0.25, 0.3) is 21.8 Å². The Bertz CT molecular complexity index is 1040. The number of hydrogen-bond donors (Lipinski definition) is 5. The monoisotopic (exact) mass is 435 g/mol. The summed E-state index contributed by atoms with van der Waals surface area (Å²) in [5.41, 5.74) is 9.47. The van der Waals surface area contributed by atoms with Crippen molar-refractivity contribution in [2.75, 3.05) is 11.8 Å². The van der Waals surface area contributed by atoms with Crippen LogP contribution in [0.15, 0.2) is 53.4 Å². The third-order valence-corrected chi connectivity index (χ3v) is 5.18. The van der Waals surface area contributed by atoms with Gasteiger partial charge in [-0.05, 0) is 49.4 Å². The van der Waals surface area contributed by atoms with Crippen LogP contribution in [0.4, 0.5) is 10.5 Å². The highest BCUT2D eigenvalue weighted by Gasteiger charge is 2.18. The van der Waals surface area contributed by atoms with Gasteiger partial charge in [-0.3, -0.25) is 25.2 Å². The van der Waals surface area contributed by atoms with Crippen LogP contribution in [0.2, 0.25) is 0 Å². The topological polar surface area (TPSA) is 169 Å². The summed E-state index contributed by atoms with van der Waals surface area (Å²) in [4.78, 5) is 34.6. The van der Waals surface area contributed by atoms with Gasteiger partial charge >= 0.3 is 6.03 Å². The average Bonchev–Trinajstić information content (AvgIpc) is 2.71. The first kappa shape index (κ1) is 22.5. The number of urea groups is 1. The average molecular weight is 435 g/mol. The zero-order chi connectivity index (χ0) is 22.3. The SMILES string of the molecule is COc1ccc(NS(=O)(=O)c2cccc(C(=O)NNC(=O)C(C)NC(N)=O)c2)cc1. The third kappa shape index (κ3) is 6.10. The Balaban J connectivity index is 2.07. The number of methoxy groups -OCH3 is 1. The molecule has 1 unspecified atom stereocenters. The number of sulfonamides is 1. The van der Waals surface area contributed by atoms with E-state index in [1.165, 1.54) is 44.4 Å². The van der Waals surface area contributed by atoms with Crippen LogP contribution in [0.5, 0.6) is 5.75 Å². The number of carbonyl (C=O) groups is 3. The Kier molecular flexibility index (Phi) is 7.20. The van der Waals surface area contributed by atoms with Crippen molar-refractivity contribution in [2.45, 2.75) is 17.9 Å². The highest BCUT2D eigenvalue weighted by atomic mass is 32.2. The molecular weight excluding hydrogens is 414 g/mol. The summed E-state index contributed by atoms with van der Waals surface area (Å²) in [6.45, 7) is 1.37. The van der Waals surface area contributed by atoms with E-state index in [0.29, 0.717) is 11.4 Å². The largest absolute Gasteiger partial charge is 0.497 e. The van der Waals surface area contributed by atoms with E-state index in [-0.39, 0.29) is 10.5 Å². The zero-order valence-electron chi connectivity index (χ0n) is 16.1. The molecule has 160 valence electrons. The summed E-state index contributed by atoms with van der Waals surface area (Å²) in [5.74, 6) is -0.901. The van der Waals surface area contributed by atoms with Gasteiger partial charge in [0.05, 0.1) is 12.0 Å². The van der Waals surface area contributed by atoms with Gasteiger partial charge in [-0.2, -0.15) is 0 Å². The molecule has 12 heteroatoms. The maximum atomic E-state index is 12.6. The fourth-order valence-corrected chi connectivity index (χ4v) is 3.36. The second-order valence-electron chi connectivity index (χ2n) is 6.04. The highest BCUT2D eigenvalue weighted by molar-refractivity contribution is 7.92. The normalized spacial score (nSPS) is 11.7. The molecule has 2 aromatic rings. The Morgan fingerprint density at radius 2 is 1.70 bits per heavy atom. The number of hydrogen-bond acceptors (Lipinski definition) is 6. The number of hydrazine groups is 1. The minimum absolute atomic E-state index is 0.0107. The van der Waals surface area contributed by atoms with E-state index >= 15 is 0 Å². The quantitative estimate of drug-likeness (QED) is 0.392. The molecule has 0 radical (unpaired) electrons. The minimum atomic E-state index is -3.97. The van der Waals surface area contributed by atoms with Gasteiger partial charge in [0.1, 0.15) is 11.8 Å². The Labute approximate surface area is 173 Å². The molecule has 6 N–H and O–H groups in total. The molecule has 4 amide bonds. The van der Waals surface area contributed by atoms with Crippen LogP contribution in [-0.4, -0.2) is 39.4 Å². The lowest BCUT2D eigenvalue weighted by molar-refractivity contribution is -0.123. The fraction of sp³-hybridized carbons (Fsp3) is 0.167. The van der Waals surface area contributed by atoms with Gasteiger partial charge in [-0.1, -0.05) is 6.07 Å². The number of nitrogens with one attached hydrogen (secondary N) is 4. The molecule has 0 spiro atoms. The van der Waals surface area contributed by atoms with Crippen molar-refractivity contribution in [2.24, 2.45) is 5.73 Å². The van der Waals surface area contributed by atoms with Crippen LogP contribution < -0.4 is 31.4 Å². The number of ether oxygens (including phenoxy) is 1. The van der Waals surface area contributed by atoms with Crippen LogP contribution in [0, 0.1) is 0 Å². The molecule has 0 aromatic heterocycles. The summed E-state index contributed by atoms with van der Waals surface area (Å²) in [7, 11) is -2.47. The van der Waals surface area contributed by atoms with Gasteiger partial charge in [0.15, 0.2) is 0 Å². The molecule has 11 nitrogen and oxygen atoms in total. The van der Waals surface area contributed by atoms with E-state index in [4.69, 9.17) is 10.5 Å². The number of carbonyl (C=O) groups excluding carboxylic acids is 3. The number of rotatable bonds is 7. The van der Waals surface area contributed by atoms with Crippen LogP contribution >= 0.6 is 0 Å². The molecule has 0 fully saturated rings. The first-order valence-corrected chi connectivity index (χ1v) is 10.0. The maximum Gasteiger partial charge on any atom is 0.312 e. The molecule has 2 rings (SSSR count). The molecule has 0 saturated heterocycles. The van der Waals surface area contributed by atoms with E-state index in [1.54, 1.807) is 12.1 Å². The lowest BCUT2D eigenvalue weighted by Gasteiger charge is -2.13. The zero-order valence-corrected chi connectivity index (χ0v) is 16.9. The molecule has 0 saturated carbocycles. The second-order valence-corrected chi connectivity index (χ2v) is 7.72. The summed E-state index contributed by atoms with van der Waals surface area (Å²) in [6, 6.07) is 9.60. The Morgan fingerprint density at radius 1 is 1.03 bits per heavy atom. The first-order chi connectivity index (χ1) is 14.1. The second kappa shape index (κ2) is 9.60. The van der Waals surface area contributed by atoms with Gasteiger partial charge in [-0.25, -0.2) is 13.2 Å². The molecular formula is C18H21N5O6S. The van der Waals surface area contributed by atoms with Crippen molar-refractivity contribution in [1.82, 2.24) is 16.2 Å². The Morgan fingerprint density at radius 3 is 2.30 bits per heavy atom. The van der Waals surface area contributed by atoms with E-state index in [1.807, 2.05) is 0 Å². The lowest BCUT2D eigenvalue weighted by Crippen LogP contribution is -2.52. The highest BCUT2D eigenvalue weighted by Crippen LogP contribution is 2.20. The van der Waals surface area contributed by atoms with E-state index in [0.717, 1.165) is 6.07 Å². The number of primary amides is 1. The van der Waals surface area contributed by atoms with Crippen LogP contribution in [-0.2, 0) is 14.8 Å². The molecule has 0 heterocycles. The predicted molar refractivity (Wildman–Crippen MR) is 108 cm³/mol. The van der Waals surface area contributed by atoms with Crippen molar-refractivity contribution in [1.29, 1.82) is 0 Å². The number of nitrogens with two attached hydrogens (primary N) is 1. The molecule has 0 aliphatic heterocycles. The molecule has 0 bridgehead atoms. The summed E-state index contributed by atoms with van der Waals surface area (Å²) in [5, 5.41) is 2.15. The van der Waals surface area contributed by atoms with Crippen LogP contribution in [0.25, 0.3) is 0 Å². The summed E-state index contributed by atoms with van der Waals surface area (Å²) < 4.78 is 32.6. The lowest BCUT2D eigenvalue weighted by atomic mass is 10.2. The van der Waals surface area contributed by atoms with Crippen molar-refractivity contribution in [3.05, 3.63) is 54.1 Å². The summed E-state index contributed by atoms with van der Waals surface area (Å²) in [6.07, 6.45) is 0. The number of benzene rings is 2. The first-order valence-electron chi connectivity index (χ1n) is 8.55. The van der Waals surface area contributed by atoms with Crippen molar-refractivity contribution < 1.29 is 27.5 Å². The van der Waals surface area contributed by atoms with Gasteiger partial charge in [0.2, 0.25) is 0 Å². The molecule has 30 heavy (non-hydrogen) atoms. The molecule has 1 atom stereocenters. The number of anilines is 1. The maximum absolute atomic E-state index is 12.6. The van der Waals surface area contributed by atoms with Crippen LogP contribution in [0.3, 0.4) is 0 Å². The molecule has 0 aliphatic rings. The van der Waals surface area contributed by atoms with Crippen LogP contribution in [0.1, 0.15) is 17.3 Å².